The van der Waals surface area contributed by atoms with E-state index in [4.69, 9.17) is 19.7 Å². The third-order valence-electron chi connectivity index (χ3n) is 19.6. The van der Waals surface area contributed by atoms with E-state index in [2.05, 4.69) is 62.3 Å². The highest BCUT2D eigenvalue weighted by atomic mass is 32.1. The lowest BCUT2D eigenvalue weighted by Gasteiger charge is -2.56. The molecule has 1 aliphatic carbocycles. The number of amides is 2. The van der Waals surface area contributed by atoms with Crippen LogP contribution in [0.1, 0.15) is 108 Å². The standard InChI is InChI=1S/C62H84N12O7S/c1-40(2)56(60(78)74-35-47(75)29-52(74)59(77)65-41(3)44-9-11-45(12-10-44)57-42(4)64-39-82-57)54-31-55(68-81-54)72-19-13-43(14-20-72)34-69-21-15-61(16-22-69)32-46(33-61)73-26-27-79-48(37-73)36-70-25-28-80-62(38-70)17-23-71(24-18-62)51-30-50(66-67-58(51)63)49-7-5-6-8-53(49)76/h5-12,30-31,39-41,43,46-48,52,56,75-76H,13-29,32-38H2,1-4H3,(H2,63,67)(H,65,77)/t41-,47+,48-,52-,56+/m0/s1. The van der Waals surface area contributed by atoms with Gasteiger partial charge in [0.25, 0.3) is 0 Å². The second-order valence-electron chi connectivity index (χ2n) is 25.4. The lowest BCUT2D eigenvalue weighted by atomic mass is 9.60. The van der Waals surface area contributed by atoms with E-state index < -0.39 is 18.1 Å². The van der Waals surface area contributed by atoms with Crippen LogP contribution in [0.4, 0.5) is 17.3 Å². The van der Waals surface area contributed by atoms with Crippen molar-refractivity contribution in [3.63, 3.8) is 0 Å². The number of aliphatic hydroxyl groups excluding tert-OH is 1. The molecule has 0 radical (unpaired) electrons. The molecule has 0 unspecified atom stereocenters. The van der Waals surface area contributed by atoms with Gasteiger partial charge in [-0.2, -0.15) is 0 Å². The van der Waals surface area contributed by atoms with Crippen molar-refractivity contribution < 1.29 is 33.8 Å². The van der Waals surface area contributed by atoms with Crippen LogP contribution in [0.2, 0.25) is 0 Å². The van der Waals surface area contributed by atoms with E-state index in [0.717, 1.165) is 138 Å². The number of carbonyl (C=O) groups excluding carboxylic acids is 2. The summed E-state index contributed by atoms with van der Waals surface area (Å²) in [6.45, 7) is 21.2. The maximum Gasteiger partial charge on any atom is 0.243 e. The summed E-state index contributed by atoms with van der Waals surface area (Å²) >= 11 is 1.61. The summed E-state index contributed by atoms with van der Waals surface area (Å²) < 4.78 is 19.0. The Kier molecular flexibility index (Phi) is 16.7. The van der Waals surface area contributed by atoms with E-state index >= 15 is 0 Å². The number of benzene rings is 2. The zero-order chi connectivity index (χ0) is 56.7. The highest BCUT2D eigenvalue weighted by Crippen LogP contribution is 2.51. The molecule has 7 aliphatic rings. The highest BCUT2D eigenvalue weighted by molar-refractivity contribution is 7.13. The van der Waals surface area contributed by atoms with Crippen molar-refractivity contribution in [1.82, 2.24) is 45.3 Å². The van der Waals surface area contributed by atoms with Crippen molar-refractivity contribution in [3.8, 4) is 27.4 Å². The molecule has 20 heteroatoms. The predicted octanol–water partition coefficient (Wildman–Crippen LogP) is 6.96. The van der Waals surface area contributed by atoms with Crippen LogP contribution in [0, 0.1) is 24.2 Å². The number of morpholine rings is 2. The van der Waals surface area contributed by atoms with Gasteiger partial charge in [-0.25, -0.2) is 4.98 Å². The SMILES string of the molecule is Cc1ncsc1-c1ccc([C@H](C)NC(=O)[C@@H]2C[C@@H](O)CN2C(=O)[C@@H](c2cc(N3CCC(CN4CCC5(CC4)CC(N4CCO[C@@H](CN6CCOC7(CCN(c8cc(-c9ccccc9O)nnc8N)CC7)C6)C4)C5)CC3)no2)C(C)C)cc1. The molecule has 1 saturated carbocycles. The van der Waals surface area contributed by atoms with Gasteiger partial charge in [0.05, 0.1) is 64.5 Å². The van der Waals surface area contributed by atoms with Crippen LogP contribution in [0.15, 0.2) is 70.7 Å². The van der Waals surface area contributed by atoms with Crippen LogP contribution in [0.25, 0.3) is 21.7 Å². The Morgan fingerprint density at radius 3 is 2.37 bits per heavy atom. The number of rotatable bonds is 15. The van der Waals surface area contributed by atoms with Crippen molar-refractivity contribution >= 4 is 40.5 Å². The summed E-state index contributed by atoms with van der Waals surface area (Å²) in [5.74, 6) is 1.20. The normalized spacial score (nSPS) is 24.8. The van der Waals surface area contributed by atoms with Crippen LogP contribution in [0.5, 0.6) is 5.75 Å². The minimum absolute atomic E-state index is 0.0936. The monoisotopic (exact) mass is 1140 g/mol. The molecule has 7 fully saturated rings. The Morgan fingerprint density at radius 1 is 0.866 bits per heavy atom. The van der Waals surface area contributed by atoms with Gasteiger partial charge in [-0.05, 0) is 125 Å². The number of nitrogen functional groups attached to an aromatic ring is 1. The zero-order valence-electron chi connectivity index (χ0n) is 48.3. The number of β-amino-alcohol motifs (C(OH)–C–C–N with tert-alkyl or cyclic N) is 1. The number of aromatic hydroxyl groups is 1. The molecule has 12 rings (SSSR count). The largest absolute Gasteiger partial charge is 0.507 e. The van der Waals surface area contributed by atoms with Gasteiger partial charge in [0.2, 0.25) is 11.8 Å². The summed E-state index contributed by atoms with van der Waals surface area (Å²) in [4.78, 5) is 48.0. The molecular formula is C62H84N12O7S. The fourth-order valence-corrected chi connectivity index (χ4v) is 15.5. The van der Waals surface area contributed by atoms with Crippen LogP contribution in [-0.4, -0.2) is 190 Å². The number of aliphatic hydroxyl groups is 1. The number of piperidine rings is 3. The number of nitrogens with two attached hydrogens (primary N) is 1. The van der Waals surface area contributed by atoms with Crippen molar-refractivity contribution in [2.45, 2.75) is 127 Å². The number of carbonyl (C=O) groups is 2. The number of thiazole rings is 1. The number of phenols is 1. The van der Waals surface area contributed by atoms with E-state index in [1.165, 1.54) is 38.8 Å². The Bertz CT molecular complexity index is 3000. The minimum Gasteiger partial charge on any atom is -0.507 e. The summed E-state index contributed by atoms with van der Waals surface area (Å²) in [6, 6.07) is 18.8. The van der Waals surface area contributed by atoms with Gasteiger partial charge in [0, 0.05) is 96.1 Å². The minimum atomic E-state index is -0.795. The number of aryl methyl sites for hydroxylation is 1. The molecule has 2 spiro atoms. The number of nitrogens with zero attached hydrogens (tertiary/aromatic N) is 10. The molecule has 6 aliphatic heterocycles. The van der Waals surface area contributed by atoms with E-state index in [-0.39, 0.29) is 54.2 Å². The van der Waals surface area contributed by atoms with Gasteiger partial charge in [-0.1, -0.05) is 55.4 Å². The summed E-state index contributed by atoms with van der Waals surface area (Å²) in [7, 11) is 0. The van der Waals surface area contributed by atoms with Crippen LogP contribution >= 0.6 is 11.3 Å². The van der Waals surface area contributed by atoms with Crippen molar-refractivity contribution in [2.75, 3.05) is 114 Å². The number of likely N-dealkylation sites (tertiary alicyclic amines) is 2. The van der Waals surface area contributed by atoms with Crippen molar-refractivity contribution in [2.24, 2.45) is 17.3 Å². The highest BCUT2D eigenvalue weighted by Gasteiger charge is 2.49. The zero-order valence-corrected chi connectivity index (χ0v) is 49.2. The number of phenolic OH excluding ortho intramolecular Hbond substituents is 1. The number of nitrogens with one attached hydrogen (secondary N) is 1. The molecule has 6 saturated heterocycles. The van der Waals surface area contributed by atoms with Crippen molar-refractivity contribution in [1.29, 1.82) is 0 Å². The van der Waals surface area contributed by atoms with Gasteiger partial charge in [-0.15, -0.1) is 21.5 Å². The van der Waals surface area contributed by atoms with Gasteiger partial charge in [0.1, 0.15) is 17.7 Å². The molecule has 2 amide bonds. The first kappa shape index (κ1) is 56.7. The predicted molar refractivity (Wildman–Crippen MR) is 317 cm³/mol. The van der Waals surface area contributed by atoms with Crippen LogP contribution in [0.3, 0.4) is 0 Å². The first-order chi connectivity index (χ1) is 39.7. The third-order valence-corrected chi connectivity index (χ3v) is 20.6. The number of anilines is 3. The lowest BCUT2D eigenvalue weighted by molar-refractivity contribution is -0.141. The summed E-state index contributed by atoms with van der Waals surface area (Å²) in [6.07, 6.45) is 8.73. The number of hydrogen-bond acceptors (Lipinski definition) is 18. The molecule has 2 aromatic carbocycles. The smallest absolute Gasteiger partial charge is 0.243 e. The molecular weight excluding hydrogens is 1060 g/mol. The Balaban J connectivity index is 0.565. The second kappa shape index (κ2) is 24.1. The molecule has 5 aromatic rings. The fourth-order valence-electron chi connectivity index (χ4n) is 14.7. The van der Waals surface area contributed by atoms with Crippen LogP contribution < -0.4 is 20.9 Å². The number of aromatic nitrogens is 4. The lowest BCUT2D eigenvalue weighted by Crippen LogP contribution is -2.61. The number of para-hydroxylation sites is 1. The van der Waals surface area contributed by atoms with Gasteiger partial charge in [0.15, 0.2) is 17.4 Å². The first-order valence-electron chi connectivity index (χ1n) is 30.3. The summed E-state index contributed by atoms with van der Waals surface area (Å²) in [5.41, 5.74) is 13.6. The van der Waals surface area contributed by atoms with E-state index in [1.54, 1.807) is 28.4 Å². The molecule has 0 bridgehead atoms. The van der Waals surface area contributed by atoms with Crippen LogP contribution in [-0.2, 0) is 19.1 Å². The molecule has 19 nitrogen and oxygen atoms in total. The Hall–Kier alpha value is -5.74. The molecule has 9 heterocycles. The first-order valence-corrected chi connectivity index (χ1v) is 31.2. The molecule has 82 heavy (non-hydrogen) atoms. The van der Waals surface area contributed by atoms with Gasteiger partial charge in [-0.3, -0.25) is 19.4 Å². The van der Waals surface area contributed by atoms with Gasteiger partial charge >= 0.3 is 0 Å². The van der Waals surface area contributed by atoms with Crippen molar-refractivity contribution in [3.05, 3.63) is 83.2 Å². The van der Waals surface area contributed by atoms with Gasteiger partial charge < -0.3 is 54.9 Å². The molecule has 5 N–H and O–H groups in total. The maximum absolute atomic E-state index is 14.4. The van der Waals surface area contributed by atoms with E-state index in [1.807, 2.05) is 69.6 Å². The van der Waals surface area contributed by atoms with E-state index in [9.17, 15) is 19.8 Å². The second-order valence-corrected chi connectivity index (χ2v) is 26.2. The third kappa shape index (κ3) is 12.1. The average Bonchev–Trinajstić information content (AvgIpc) is 4.37. The van der Waals surface area contributed by atoms with E-state index in [0.29, 0.717) is 40.2 Å². The average molecular weight is 1140 g/mol. The number of ether oxygens (including phenoxy) is 2. The quantitative estimate of drug-likeness (QED) is 0.0833. The fraction of sp³-hybridized carbons (Fsp3) is 0.613. The molecule has 440 valence electrons. The molecule has 5 atom stereocenters. The Morgan fingerprint density at radius 2 is 1.63 bits per heavy atom. The topological polar surface area (TPSA) is 215 Å². The molecule has 3 aromatic heterocycles. The number of hydrogen-bond donors (Lipinski definition) is 4. The Labute approximate surface area is 486 Å². The maximum atomic E-state index is 14.4. The summed E-state index contributed by atoms with van der Waals surface area (Å²) in [5, 5.41) is 37.5.